The zero-order chi connectivity index (χ0) is 25.2. The van der Waals surface area contributed by atoms with E-state index in [2.05, 4.69) is 26.7 Å². The Morgan fingerprint density at radius 2 is 1.92 bits per heavy atom. The molecular weight excluding hydrogens is 458 g/mol. The molecule has 4 aromatic rings. The standard InChI is InChI=1S/C26H27N7O3/c1-36-20-13-16(15-9-11-29-12-10-15)7-8-19(20)31-26-30-14-18-22(34)21(24(28)35)23(27)33(25(18)32-26)17-5-3-2-4-6-17/h2-8,13-15,29H,9-12,27H2,1H3,(H2,28,35)(H,30,31,32). The van der Waals surface area contributed by atoms with E-state index in [9.17, 15) is 9.59 Å². The first-order valence-corrected chi connectivity index (χ1v) is 11.7. The van der Waals surface area contributed by atoms with E-state index < -0.39 is 11.3 Å². The molecule has 10 heteroatoms. The summed E-state index contributed by atoms with van der Waals surface area (Å²) in [6, 6.07) is 15.1. The minimum Gasteiger partial charge on any atom is -0.495 e. The van der Waals surface area contributed by atoms with Crippen molar-refractivity contribution in [2.45, 2.75) is 18.8 Å². The SMILES string of the molecule is COc1cc(C2CCNCC2)ccc1Nc1ncc2c(=O)c(C(N)=O)c(N)n(-c3ccccc3)c2n1. The van der Waals surface area contributed by atoms with Gasteiger partial charge in [0.1, 0.15) is 17.1 Å². The van der Waals surface area contributed by atoms with Gasteiger partial charge in [0.15, 0.2) is 5.65 Å². The van der Waals surface area contributed by atoms with E-state index in [0.29, 0.717) is 23.0 Å². The van der Waals surface area contributed by atoms with Crippen LogP contribution in [0.4, 0.5) is 17.5 Å². The van der Waals surface area contributed by atoms with Gasteiger partial charge in [-0.05, 0) is 61.7 Å². The zero-order valence-corrected chi connectivity index (χ0v) is 19.8. The number of methoxy groups -OCH3 is 1. The lowest BCUT2D eigenvalue weighted by Crippen LogP contribution is -2.27. The smallest absolute Gasteiger partial charge is 0.256 e. The molecule has 1 fully saturated rings. The number of primary amides is 1. The van der Waals surface area contributed by atoms with Crippen molar-refractivity contribution in [3.05, 3.63) is 76.1 Å². The largest absolute Gasteiger partial charge is 0.495 e. The minimum absolute atomic E-state index is 0.0836. The lowest BCUT2D eigenvalue weighted by atomic mass is 9.90. The van der Waals surface area contributed by atoms with Gasteiger partial charge in [-0.1, -0.05) is 24.3 Å². The fourth-order valence-corrected chi connectivity index (χ4v) is 4.66. The molecule has 0 atom stereocenters. The lowest BCUT2D eigenvalue weighted by molar-refractivity contribution is 0.1000. The van der Waals surface area contributed by atoms with E-state index in [-0.39, 0.29) is 28.4 Å². The fraction of sp³-hybridized carbons (Fsp3) is 0.231. The van der Waals surface area contributed by atoms with Crippen LogP contribution in [0.2, 0.25) is 0 Å². The number of aromatic nitrogens is 3. The first-order chi connectivity index (χ1) is 17.5. The molecule has 0 bridgehead atoms. The number of ether oxygens (including phenoxy) is 1. The molecule has 1 aliphatic heterocycles. The molecule has 1 saturated heterocycles. The predicted octanol–water partition coefficient (Wildman–Crippen LogP) is 2.68. The van der Waals surface area contributed by atoms with Crippen molar-refractivity contribution in [3.8, 4) is 11.4 Å². The number of nitrogens with two attached hydrogens (primary N) is 2. The van der Waals surface area contributed by atoms with E-state index in [1.54, 1.807) is 19.2 Å². The Labute approximate surface area is 207 Å². The molecule has 0 spiro atoms. The Bertz CT molecular complexity index is 1500. The molecule has 0 aliphatic carbocycles. The second-order valence-electron chi connectivity index (χ2n) is 8.66. The van der Waals surface area contributed by atoms with Crippen molar-refractivity contribution in [2.75, 3.05) is 31.2 Å². The van der Waals surface area contributed by atoms with Crippen molar-refractivity contribution < 1.29 is 9.53 Å². The number of para-hydroxylation sites is 1. The number of nitrogens with zero attached hydrogens (tertiary/aromatic N) is 3. The van der Waals surface area contributed by atoms with Gasteiger partial charge >= 0.3 is 0 Å². The van der Waals surface area contributed by atoms with Gasteiger partial charge in [0, 0.05) is 11.9 Å². The summed E-state index contributed by atoms with van der Waals surface area (Å²) in [7, 11) is 1.62. The summed E-state index contributed by atoms with van der Waals surface area (Å²) in [6.07, 6.45) is 3.53. The maximum absolute atomic E-state index is 13.0. The number of amides is 1. The number of fused-ring (bicyclic) bond motifs is 1. The second-order valence-corrected chi connectivity index (χ2v) is 8.66. The van der Waals surface area contributed by atoms with Gasteiger partial charge in [0.25, 0.3) is 5.91 Å². The predicted molar refractivity (Wildman–Crippen MR) is 139 cm³/mol. The number of carbonyl (C=O) groups is 1. The first-order valence-electron chi connectivity index (χ1n) is 11.7. The van der Waals surface area contributed by atoms with Crippen LogP contribution in [0.1, 0.15) is 34.7 Å². The third-order valence-electron chi connectivity index (χ3n) is 6.49. The van der Waals surface area contributed by atoms with Crippen LogP contribution >= 0.6 is 0 Å². The molecule has 0 unspecified atom stereocenters. The number of carbonyl (C=O) groups excluding carboxylic acids is 1. The highest BCUT2D eigenvalue weighted by Crippen LogP contribution is 2.34. The van der Waals surface area contributed by atoms with E-state index >= 15 is 0 Å². The Hall–Kier alpha value is -4.44. The number of nitrogens with one attached hydrogen (secondary N) is 2. The Morgan fingerprint density at radius 3 is 2.61 bits per heavy atom. The molecule has 10 nitrogen and oxygen atoms in total. The third kappa shape index (κ3) is 4.22. The first kappa shape index (κ1) is 23.3. The number of pyridine rings is 1. The number of hydrogen-bond acceptors (Lipinski definition) is 8. The van der Waals surface area contributed by atoms with Gasteiger partial charge < -0.3 is 26.8 Å². The van der Waals surface area contributed by atoms with Gasteiger partial charge in [0.05, 0.1) is 18.2 Å². The number of piperidine rings is 1. The topological polar surface area (TPSA) is 150 Å². The summed E-state index contributed by atoms with van der Waals surface area (Å²) in [5.74, 6) is 0.392. The molecule has 2 aromatic heterocycles. The summed E-state index contributed by atoms with van der Waals surface area (Å²) in [6.45, 7) is 2.00. The molecular formula is C26H27N7O3. The molecule has 1 amide bonds. The van der Waals surface area contributed by atoms with E-state index in [1.165, 1.54) is 16.3 Å². The van der Waals surface area contributed by atoms with Crippen LogP contribution in [0, 0.1) is 0 Å². The minimum atomic E-state index is -0.912. The van der Waals surface area contributed by atoms with Gasteiger partial charge in [-0.25, -0.2) is 4.98 Å². The Kier molecular flexibility index (Phi) is 6.26. The molecule has 6 N–H and O–H groups in total. The van der Waals surface area contributed by atoms with E-state index in [1.807, 2.05) is 30.3 Å². The summed E-state index contributed by atoms with van der Waals surface area (Å²) >= 11 is 0. The normalized spacial score (nSPS) is 14.0. The van der Waals surface area contributed by atoms with Crippen LogP contribution in [-0.4, -0.2) is 40.6 Å². The second kappa shape index (κ2) is 9.67. The maximum Gasteiger partial charge on any atom is 0.256 e. The lowest BCUT2D eigenvalue weighted by Gasteiger charge is -2.24. The van der Waals surface area contributed by atoms with Crippen molar-refractivity contribution in [1.29, 1.82) is 0 Å². The van der Waals surface area contributed by atoms with Crippen molar-refractivity contribution in [1.82, 2.24) is 19.9 Å². The molecule has 0 radical (unpaired) electrons. The van der Waals surface area contributed by atoms with Crippen molar-refractivity contribution >= 4 is 34.4 Å². The van der Waals surface area contributed by atoms with Crippen LogP contribution in [0.25, 0.3) is 16.7 Å². The third-order valence-corrected chi connectivity index (χ3v) is 6.49. The molecule has 36 heavy (non-hydrogen) atoms. The maximum atomic E-state index is 13.0. The van der Waals surface area contributed by atoms with Gasteiger partial charge in [-0.3, -0.25) is 14.2 Å². The number of benzene rings is 2. The Morgan fingerprint density at radius 1 is 1.17 bits per heavy atom. The van der Waals surface area contributed by atoms with Crippen molar-refractivity contribution in [2.24, 2.45) is 5.73 Å². The number of hydrogen-bond donors (Lipinski definition) is 4. The summed E-state index contributed by atoms with van der Waals surface area (Å²) in [5.41, 5.74) is 13.6. The van der Waals surface area contributed by atoms with Crippen LogP contribution in [-0.2, 0) is 0 Å². The molecule has 2 aromatic carbocycles. The van der Waals surface area contributed by atoms with E-state index in [0.717, 1.165) is 25.9 Å². The average molecular weight is 486 g/mol. The summed E-state index contributed by atoms with van der Waals surface area (Å²) in [4.78, 5) is 34.0. The number of nitrogen functional groups attached to an aromatic ring is 1. The van der Waals surface area contributed by atoms with Crippen LogP contribution in [0.5, 0.6) is 5.75 Å². The van der Waals surface area contributed by atoms with Crippen molar-refractivity contribution in [3.63, 3.8) is 0 Å². The Balaban J connectivity index is 1.60. The van der Waals surface area contributed by atoms with Crippen LogP contribution in [0.15, 0.2) is 59.5 Å². The summed E-state index contributed by atoms with van der Waals surface area (Å²) in [5, 5.41) is 6.71. The zero-order valence-electron chi connectivity index (χ0n) is 19.8. The van der Waals surface area contributed by atoms with Gasteiger partial charge in [-0.15, -0.1) is 0 Å². The molecule has 184 valence electrons. The summed E-state index contributed by atoms with van der Waals surface area (Å²) < 4.78 is 7.18. The van der Waals surface area contributed by atoms with Gasteiger partial charge in [-0.2, -0.15) is 4.98 Å². The number of anilines is 3. The van der Waals surface area contributed by atoms with Crippen LogP contribution in [0.3, 0.4) is 0 Å². The van der Waals surface area contributed by atoms with E-state index in [4.69, 9.17) is 16.2 Å². The average Bonchev–Trinajstić information content (AvgIpc) is 2.90. The molecule has 5 rings (SSSR count). The highest BCUT2D eigenvalue weighted by molar-refractivity contribution is 6.01. The van der Waals surface area contributed by atoms with Gasteiger partial charge in [0.2, 0.25) is 11.4 Å². The monoisotopic (exact) mass is 485 g/mol. The number of rotatable bonds is 6. The molecule has 1 aliphatic rings. The molecule has 0 saturated carbocycles. The quantitative estimate of drug-likeness (QED) is 0.326. The molecule has 3 heterocycles. The van der Waals surface area contributed by atoms with Crippen LogP contribution < -0.4 is 32.3 Å². The fourth-order valence-electron chi connectivity index (χ4n) is 4.66. The highest BCUT2D eigenvalue weighted by Gasteiger charge is 2.22. The highest BCUT2D eigenvalue weighted by atomic mass is 16.5.